The van der Waals surface area contributed by atoms with Gasteiger partial charge in [0.15, 0.2) is 0 Å². The van der Waals surface area contributed by atoms with Gasteiger partial charge < -0.3 is 10.1 Å². The zero-order valence-electron chi connectivity index (χ0n) is 10.9. The summed E-state index contributed by atoms with van der Waals surface area (Å²) < 4.78 is 7.37. The van der Waals surface area contributed by atoms with Gasteiger partial charge in [0, 0.05) is 6.61 Å². The molecule has 1 aromatic rings. The van der Waals surface area contributed by atoms with Crippen molar-refractivity contribution in [3.63, 3.8) is 0 Å². The van der Waals surface area contributed by atoms with E-state index in [4.69, 9.17) is 4.74 Å². The van der Waals surface area contributed by atoms with Gasteiger partial charge in [-0.05, 0) is 43.1 Å². The van der Waals surface area contributed by atoms with Crippen LogP contribution in [0.4, 0.5) is 5.69 Å². The summed E-state index contributed by atoms with van der Waals surface area (Å²) in [7, 11) is 0. The van der Waals surface area contributed by atoms with Gasteiger partial charge in [-0.1, -0.05) is 0 Å². The molecule has 0 aliphatic carbocycles. The number of hydrogen-bond acceptors (Lipinski definition) is 4. The van der Waals surface area contributed by atoms with Crippen LogP contribution < -0.4 is 10.9 Å². The maximum absolute atomic E-state index is 12.1. The van der Waals surface area contributed by atoms with E-state index in [0.717, 1.165) is 18.7 Å². The normalized spacial score (nSPS) is 23.6. The molecule has 0 amide bonds. The number of aromatic nitrogens is 2. The van der Waals surface area contributed by atoms with Crippen LogP contribution in [0, 0.1) is 0 Å². The Kier molecular flexibility index (Phi) is 3.77. The summed E-state index contributed by atoms with van der Waals surface area (Å²) in [6.07, 6.45) is 2.61. The Hall–Kier alpha value is -0.880. The second-order valence-corrected chi connectivity index (χ2v) is 6.00. The lowest BCUT2D eigenvalue weighted by Gasteiger charge is -2.25. The van der Waals surface area contributed by atoms with Gasteiger partial charge in [-0.25, -0.2) is 4.68 Å². The van der Waals surface area contributed by atoms with E-state index in [9.17, 15) is 4.79 Å². The molecule has 1 aliphatic heterocycles. The highest BCUT2D eigenvalue weighted by Gasteiger charge is 2.30. The summed E-state index contributed by atoms with van der Waals surface area (Å²) >= 11 is 3.35. The lowest BCUT2D eigenvalue weighted by Crippen LogP contribution is -2.36. The molecule has 1 unspecified atom stereocenters. The average Bonchev–Trinajstić information content (AvgIpc) is 2.72. The molecule has 1 aromatic heterocycles. The Morgan fingerprint density at radius 2 is 2.33 bits per heavy atom. The van der Waals surface area contributed by atoms with Gasteiger partial charge in [-0.15, -0.1) is 0 Å². The van der Waals surface area contributed by atoms with E-state index >= 15 is 0 Å². The fourth-order valence-corrected chi connectivity index (χ4v) is 2.37. The molecule has 1 atom stereocenters. The fraction of sp³-hybridized carbons (Fsp3) is 0.667. The monoisotopic (exact) mass is 315 g/mol. The van der Waals surface area contributed by atoms with E-state index in [0.29, 0.717) is 11.1 Å². The lowest BCUT2D eigenvalue weighted by atomic mass is 10.0. The molecule has 0 bridgehead atoms. The molecule has 1 saturated heterocycles. The fourth-order valence-electron chi connectivity index (χ4n) is 1.99. The SMILES string of the molecule is CC(C)n1ncc(NC2(C)CCOC2)c(Br)c1=O. The molecule has 2 heterocycles. The molecule has 0 spiro atoms. The third-order valence-electron chi connectivity index (χ3n) is 3.09. The van der Waals surface area contributed by atoms with Crippen molar-refractivity contribution in [2.45, 2.75) is 38.8 Å². The van der Waals surface area contributed by atoms with Gasteiger partial charge in [-0.3, -0.25) is 4.79 Å². The molecule has 6 heteroatoms. The number of ether oxygens (including phenoxy) is 1. The Balaban J connectivity index is 2.30. The molecule has 0 radical (unpaired) electrons. The smallest absolute Gasteiger partial charge is 0.283 e. The average molecular weight is 316 g/mol. The highest BCUT2D eigenvalue weighted by Crippen LogP contribution is 2.26. The van der Waals surface area contributed by atoms with Gasteiger partial charge in [0.1, 0.15) is 4.47 Å². The first-order valence-corrected chi connectivity index (χ1v) is 6.85. The third-order valence-corrected chi connectivity index (χ3v) is 3.85. The van der Waals surface area contributed by atoms with E-state index in [1.165, 1.54) is 4.68 Å². The largest absolute Gasteiger partial charge is 0.379 e. The van der Waals surface area contributed by atoms with Crippen LogP contribution >= 0.6 is 15.9 Å². The maximum Gasteiger partial charge on any atom is 0.283 e. The van der Waals surface area contributed by atoms with E-state index in [1.54, 1.807) is 6.20 Å². The summed E-state index contributed by atoms with van der Waals surface area (Å²) in [5.41, 5.74) is 0.489. The van der Waals surface area contributed by atoms with Gasteiger partial charge >= 0.3 is 0 Å². The quantitative estimate of drug-likeness (QED) is 0.929. The highest BCUT2D eigenvalue weighted by molar-refractivity contribution is 9.10. The summed E-state index contributed by atoms with van der Waals surface area (Å²) in [6.45, 7) is 7.34. The molecule has 100 valence electrons. The first-order chi connectivity index (χ1) is 8.43. The van der Waals surface area contributed by atoms with E-state index in [2.05, 4.69) is 33.3 Å². The number of halogens is 1. The summed E-state index contributed by atoms with van der Waals surface area (Å²) in [6, 6.07) is 0.0493. The molecule has 1 fully saturated rings. The topological polar surface area (TPSA) is 56.1 Å². The van der Waals surface area contributed by atoms with Crippen molar-refractivity contribution in [3.8, 4) is 0 Å². The number of anilines is 1. The molecule has 18 heavy (non-hydrogen) atoms. The number of nitrogens with zero attached hydrogens (tertiary/aromatic N) is 2. The van der Waals surface area contributed by atoms with Crippen molar-refractivity contribution in [1.82, 2.24) is 9.78 Å². The molecule has 0 saturated carbocycles. The predicted molar refractivity (Wildman–Crippen MR) is 74.0 cm³/mol. The van der Waals surface area contributed by atoms with E-state index in [-0.39, 0.29) is 17.1 Å². The molecule has 0 aromatic carbocycles. The lowest BCUT2D eigenvalue weighted by molar-refractivity contribution is 0.185. The number of nitrogens with one attached hydrogen (secondary N) is 1. The molecular weight excluding hydrogens is 298 g/mol. The summed E-state index contributed by atoms with van der Waals surface area (Å²) in [5, 5.41) is 7.53. The van der Waals surface area contributed by atoms with Crippen LogP contribution in [0.25, 0.3) is 0 Å². The van der Waals surface area contributed by atoms with Crippen LogP contribution in [0.15, 0.2) is 15.5 Å². The van der Waals surface area contributed by atoms with Crippen molar-refractivity contribution in [2.24, 2.45) is 0 Å². The van der Waals surface area contributed by atoms with Gasteiger partial charge in [0.25, 0.3) is 5.56 Å². The first kappa shape index (κ1) is 13.5. The van der Waals surface area contributed by atoms with E-state index in [1.807, 2.05) is 13.8 Å². The number of rotatable bonds is 3. The highest BCUT2D eigenvalue weighted by atomic mass is 79.9. The van der Waals surface area contributed by atoms with Crippen LogP contribution in [0.2, 0.25) is 0 Å². The molecule has 2 rings (SSSR count). The Bertz CT molecular complexity index is 493. The van der Waals surface area contributed by atoms with Crippen LogP contribution in [-0.4, -0.2) is 28.5 Å². The van der Waals surface area contributed by atoms with Gasteiger partial charge in [-0.2, -0.15) is 5.10 Å². The minimum Gasteiger partial charge on any atom is -0.379 e. The standard InChI is InChI=1S/C12H18BrN3O2/c1-8(2)16-11(17)10(13)9(6-14-16)15-12(3)4-5-18-7-12/h6,8,15H,4-5,7H2,1-3H3. The molecule has 1 aliphatic rings. The van der Waals surface area contributed by atoms with Crippen LogP contribution in [-0.2, 0) is 4.74 Å². The molecule has 5 nitrogen and oxygen atoms in total. The second-order valence-electron chi connectivity index (χ2n) is 5.20. The maximum atomic E-state index is 12.1. The van der Waals surface area contributed by atoms with Crippen LogP contribution in [0.5, 0.6) is 0 Å². The van der Waals surface area contributed by atoms with Crippen molar-refractivity contribution >= 4 is 21.6 Å². The Morgan fingerprint density at radius 3 is 2.89 bits per heavy atom. The van der Waals surface area contributed by atoms with Crippen LogP contribution in [0.3, 0.4) is 0 Å². The first-order valence-electron chi connectivity index (χ1n) is 6.06. The number of hydrogen-bond donors (Lipinski definition) is 1. The second kappa shape index (κ2) is 5.01. The molecular formula is C12H18BrN3O2. The summed E-state index contributed by atoms with van der Waals surface area (Å²) in [5.74, 6) is 0. The zero-order valence-corrected chi connectivity index (χ0v) is 12.5. The molecule has 1 N–H and O–H groups in total. The third kappa shape index (κ3) is 2.59. The minimum atomic E-state index is -0.124. The predicted octanol–water partition coefficient (Wildman–Crippen LogP) is 2.18. The van der Waals surface area contributed by atoms with Crippen molar-refractivity contribution in [2.75, 3.05) is 18.5 Å². The Morgan fingerprint density at radius 1 is 1.61 bits per heavy atom. The summed E-state index contributed by atoms with van der Waals surface area (Å²) in [4.78, 5) is 12.1. The van der Waals surface area contributed by atoms with Crippen LogP contribution in [0.1, 0.15) is 33.2 Å². The van der Waals surface area contributed by atoms with E-state index < -0.39 is 0 Å². The van der Waals surface area contributed by atoms with Crippen molar-refractivity contribution in [3.05, 3.63) is 21.0 Å². The Labute approximate surface area is 115 Å². The zero-order chi connectivity index (χ0) is 13.3. The minimum absolute atomic E-state index is 0.0493. The van der Waals surface area contributed by atoms with Gasteiger partial charge in [0.05, 0.1) is 30.1 Å². The van der Waals surface area contributed by atoms with Crippen molar-refractivity contribution < 1.29 is 4.74 Å². The van der Waals surface area contributed by atoms with Crippen molar-refractivity contribution in [1.29, 1.82) is 0 Å². The van der Waals surface area contributed by atoms with Gasteiger partial charge in [0.2, 0.25) is 0 Å².